The summed E-state index contributed by atoms with van der Waals surface area (Å²) >= 11 is 9.72. The molecule has 0 bridgehead atoms. The standard InChI is InChI=1S/C13H18BrClN2/c14-9-5-6-12(15)11(7-9)13(8-16)17-10-3-1-2-4-10/h5-7,10,13,17H,1-4,8,16H2. The maximum atomic E-state index is 6.24. The van der Waals surface area contributed by atoms with E-state index in [-0.39, 0.29) is 6.04 Å². The molecule has 0 aliphatic heterocycles. The summed E-state index contributed by atoms with van der Waals surface area (Å²) in [5.41, 5.74) is 6.96. The minimum absolute atomic E-state index is 0.156. The molecule has 1 atom stereocenters. The SMILES string of the molecule is NCC(NC1CCCC1)c1cc(Br)ccc1Cl. The van der Waals surface area contributed by atoms with Gasteiger partial charge >= 0.3 is 0 Å². The van der Waals surface area contributed by atoms with E-state index in [1.807, 2.05) is 12.1 Å². The average molecular weight is 318 g/mol. The Morgan fingerprint density at radius 3 is 2.76 bits per heavy atom. The topological polar surface area (TPSA) is 38.0 Å². The van der Waals surface area contributed by atoms with Crippen LogP contribution in [-0.4, -0.2) is 12.6 Å². The molecule has 0 spiro atoms. The molecule has 0 radical (unpaired) electrons. The lowest BCUT2D eigenvalue weighted by atomic mass is 10.1. The number of benzene rings is 1. The van der Waals surface area contributed by atoms with Crippen LogP contribution in [0.4, 0.5) is 0 Å². The molecule has 1 fully saturated rings. The molecule has 1 aliphatic carbocycles. The second-order valence-corrected chi connectivity index (χ2v) is 5.93. The Balaban J connectivity index is 2.13. The first kappa shape index (κ1) is 13.3. The van der Waals surface area contributed by atoms with E-state index in [9.17, 15) is 0 Å². The van der Waals surface area contributed by atoms with E-state index in [0.29, 0.717) is 12.6 Å². The highest BCUT2D eigenvalue weighted by Crippen LogP contribution is 2.28. The molecule has 4 heteroatoms. The fourth-order valence-corrected chi connectivity index (χ4v) is 3.07. The van der Waals surface area contributed by atoms with Crippen molar-refractivity contribution in [2.24, 2.45) is 5.73 Å². The number of halogens is 2. The Kier molecular flexibility index (Phi) is 4.86. The van der Waals surface area contributed by atoms with Crippen molar-refractivity contribution in [2.45, 2.75) is 37.8 Å². The molecule has 2 rings (SSSR count). The van der Waals surface area contributed by atoms with Gasteiger partial charge in [-0.05, 0) is 36.6 Å². The van der Waals surface area contributed by atoms with Gasteiger partial charge < -0.3 is 11.1 Å². The van der Waals surface area contributed by atoms with E-state index < -0.39 is 0 Å². The van der Waals surface area contributed by atoms with E-state index >= 15 is 0 Å². The Labute approximate surface area is 116 Å². The Morgan fingerprint density at radius 2 is 2.12 bits per heavy atom. The Hall–Kier alpha value is -0.0900. The van der Waals surface area contributed by atoms with Crippen molar-refractivity contribution in [3.05, 3.63) is 33.3 Å². The number of rotatable bonds is 4. The first-order valence-corrected chi connectivity index (χ1v) is 7.29. The second-order valence-electron chi connectivity index (χ2n) is 4.60. The van der Waals surface area contributed by atoms with Gasteiger partial charge in [-0.1, -0.05) is 40.4 Å². The van der Waals surface area contributed by atoms with Crippen molar-refractivity contribution in [1.82, 2.24) is 5.32 Å². The van der Waals surface area contributed by atoms with Crippen LogP contribution in [0.15, 0.2) is 22.7 Å². The van der Waals surface area contributed by atoms with E-state index in [1.165, 1.54) is 25.7 Å². The van der Waals surface area contributed by atoms with E-state index in [4.69, 9.17) is 17.3 Å². The summed E-state index contributed by atoms with van der Waals surface area (Å²) in [5.74, 6) is 0. The van der Waals surface area contributed by atoms with Crippen LogP contribution in [0.25, 0.3) is 0 Å². The van der Waals surface area contributed by atoms with Gasteiger partial charge in [-0.3, -0.25) is 0 Å². The van der Waals surface area contributed by atoms with Crippen LogP contribution in [0.2, 0.25) is 5.02 Å². The van der Waals surface area contributed by atoms with Gasteiger partial charge in [0.2, 0.25) is 0 Å². The monoisotopic (exact) mass is 316 g/mol. The molecule has 0 saturated heterocycles. The fourth-order valence-electron chi connectivity index (χ4n) is 2.44. The molecular weight excluding hydrogens is 300 g/mol. The predicted octanol–water partition coefficient (Wildman–Crippen LogP) is 3.63. The zero-order valence-corrected chi connectivity index (χ0v) is 12.1. The molecule has 94 valence electrons. The normalized spacial score (nSPS) is 18.5. The molecule has 1 unspecified atom stereocenters. The molecule has 0 heterocycles. The maximum absolute atomic E-state index is 6.24. The number of nitrogens with two attached hydrogens (primary N) is 1. The van der Waals surface area contributed by atoms with Crippen LogP contribution in [0.1, 0.15) is 37.3 Å². The summed E-state index contributed by atoms with van der Waals surface area (Å²) in [7, 11) is 0. The third-order valence-corrected chi connectivity index (χ3v) is 4.20. The predicted molar refractivity (Wildman–Crippen MR) is 76.3 cm³/mol. The molecule has 0 aromatic heterocycles. The summed E-state index contributed by atoms with van der Waals surface area (Å²) in [6.45, 7) is 0.576. The van der Waals surface area contributed by atoms with Gasteiger partial charge in [0.15, 0.2) is 0 Å². The van der Waals surface area contributed by atoms with Gasteiger partial charge in [-0.25, -0.2) is 0 Å². The quantitative estimate of drug-likeness (QED) is 0.890. The molecule has 2 nitrogen and oxygen atoms in total. The van der Waals surface area contributed by atoms with Crippen molar-refractivity contribution in [1.29, 1.82) is 0 Å². The van der Waals surface area contributed by atoms with Crippen molar-refractivity contribution in [3.63, 3.8) is 0 Å². The van der Waals surface area contributed by atoms with Crippen molar-refractivity contribution in [2.75, 3.05) is 6.54 Å². The lowest BCUT2D eigenvalue weighted by Crippen LogP contribution is -2.35. The van der Waals surface area contributed by atoms with Gasteiger partial charge in [0.25, 0.3) is 0 Å². The third kappa shape index (κ3) is 3.44. The molecule has 1 saturated carbocycles. The van der Waals surface area contributed by atoms with Crippen LogP contribution in [-0.2, 0) is 0 Å². The van der Waals surface area contributed by atoms with Crippen LogP contribution >= 0.6 is 27.5 Å². The minimum Gasteiger partial charge on any atom is -0.329 e. The summed E-state index contributed by atoms with van der Waals surface area (Å²) in [6.07, 6.45) is 5.15. The Bertz CT molecular complexity index is 378. The van der Waals surface area contributed by atoms with Gasteiger partial charge in [0.05, 0.1) is 0 Å². The highest BCUT2D eigenvalue weighted by atomic mass is 79.9. The molecular formula is C13H18BrClN2. The average Bonchev–Trinajstić information content (AvgIpc) is 2.82. The summed E-state index contributed by atoms with van der Waals surface area (Å²) in [4.78, 5) is 0. The van der Waals surface area contributed by atoms with Gasteiger partial charge in [-0.15, -0.1) is 0 Å². The Morgan fingerprint density at radius 1 is 1.41 bits per heavy atom. The first-order chi connectivity index (χ1) is 8.20. The van der Waals surface area contributed by atoms with Crippen molar-refractivity contribution >= 4 is 27.5 Å². The van der Waals surface area contributed by atoms with Crippen LogP contribution in [0.3, 0.4) is 0 Å². The van der Waals surface area contributed by atoms with Gasteiger partial charge in [0.1, 0.15) is 0 Å². The van der Waals surface area contributed by atoms with Crippen LogP contribution in [0.5, 0.6) is 0 Å². The van der Waals surface area contributed by atoms with E-state index in [1.54, 1.807) is 0 Å². The molecule has 1 aromatic rings. The first-order valence-electron chi connectivity index (χ1n) is 6.12. The van der Waals surface area contributed by atoms with Gasteiger partial charge in [0, 0.05) is 28.1 Å². The molecule has 17 heavy (non-hydrogen) atoms. The second kappa shape index (κ2) is 6.19. The molecule has 0 amide bonds. The van der Waals surface area contributed by atoms with Crippen molar-refractivity contribution in [3.8, 4) is 0 Å². The summed E-state index contributed by atoms with van der Waals surface area (Å²) in [5, 5.41) is 4.41. The highest BCUT2D eigenvalue weighted by molar-refractivity contribution is 9.10. The zero-order valence-electron chi connectivity index (χ0n) is 9.76. The molecule has 1 aromatic carbocycles. The molecule has 3 N–H and O–H groups in total. The number of hydrogen-bond acceptors (Lipinski definition) is 2. The zero-order chi connectivity index (χ0) is 12.3. The molecule has 1 aliphatic rings. The summed E-state index contributed by atoms with van der Waals surface area (Å²) < 4.78 is 1.04. The van der Waals surface area contributed by atoms with E-state index in [2.05, 4.69) is 27.3 Å². The fraction of sp³-hybridized carbons (Fsp3) is 0.538. The lowest BCUT2D eigenvalue weighted by molar-refractivity contribution is 0.444. The lowest BCUT2D eigenvalue weighted by Gasteiger charge is -2.23. The van der Waals surface area contributed by atoms with Crippen molar-refractivity contribution < 1.29 is 0 Å². The minimum atomic E-state index is 0.156. The van der Waals surface area contributed by atoms with Crippen LogP contribution in [0, 0.1) is 0 Å². The van der Waals surface area contributed by atoms with Gasteiger partial charge in [-0.2, -0.15) is 0 Å². The third-order valence-electron chi connectivity index (χ3n) is 3.36. The largest absolute Gasteiger partial charge is 0.329 e. The highest BCUT2D eigenvalue weighted by Gasteiger charge is 2.20. The smallest absolute Gasteiger partial charge is 0.0461 e. The number of hydrogen-bond donors (Lipinski definition) is 2. The summed E-state index contributed by atoms with van der Waals surface area (Å²) in [6, 6.07) is 6.68. The van der Waals surface area contributed by atoms with E-state index in [0.717, 1.165) is 15.1 Å². The number of nitrogens with one attached hydrogen (secondary N) is 1. The van der Waals surface area contributed by atoms with Crippen LogP contribution < -0.4 is 11.1 Å². The maximum Gasteiger partial charge on any atom is 0.0461 e.